The fourth-order valence-electron chi connectivity index (χ4n) is 5.43. The minimum Gasteiger partial charge on any atom is -0.372 e. The summed E-state index contributed by atoms with van der Waals surface area (Å²) in [5, 5.41) is 8.77. The Labute approximate surface area is 212 Å². The van der Waals surface area contributed by atoms with Crippen LogP contribution in [-0.2, 0) is 13.0 Å². The average molecular weight is 475 g/mol. The molecule has 0 fully saturated rings. The van der Waals surface area contributed by atoms with Crippen LogP contribution in [0.3, 0.4) is 0 Å². The molecule has 6 rings (SSSR count). The Hall–Kier alpha value is -4.25. The molecule has 180 valence electrons. The normalized spacial score (nSPS) is 17.1. The van der Waals surface area contributed by atoms with E-state index in [0.717, 1.165) is 48.2 Å². The van der Waals surface area contributed by atoms with Gasteiger partial charge in [0.25, 0.3) is 5.91 Å². The van der Waals surface area contributed by atoms with Crippen molar-refractivity contribution in [3.05, 3.63) is 126 Å². The Bertz CT molecular complexity index is 1410. The number of hydrogen-bond donors (Lipinski definition) is 2. The molecule has 0 aliphatic carbocycles. The predicted molar refractivity (Wildman–Crippen MR) is 146 cm³/mol. The van der Waals surface area contributed by atoms with Crippen molar-refractivity contribution >= 4 is 22.4 Å². The van der Waals surface area contributed by atoms with E-state index in [-0.39, 0.29) is 11.9 Å². The third kappa shape index (κ3) is 4.40. The zero-order valence-electron chi connectivity index (χ0n) is 20.2. The molecule has 4 aromatic carbocycles. The highest BCUT2D eigenvalue weighted by Crippen LogP contribution is 2.31. The molecule has 4 aromatic rings. The first-order chi connectivity index (χ1) is 17.8. The van der Waals surface area contributed by atoms with Gasteiger partial charge in [0.2, 0.25) is 0 Å². The van der Waals surface area contributed by atoms with E-state index in [4.69, 9.17) is 0 Å². The summed E-state index contributed by atoms with van der Waals surface area (Å²) in [6, 6.07) is 33.2. The van der Waals surface area contributed by atoms with Crippen LogP contribution >= 0.6 is 0 Å². The van der Waals surface area contributed by atoms with E-state index in [1.54, 1.807) is 0 Å². The molecule has 2 N–H and O–H groups in total. The lowest BCUT2D eigenvalue weighted by atomic mass is 10.00. The second-order valence-electron chi connectivity index (χ2n) is 9.54. The number of fused-ring (bicyclic) bond motifs is 2. The number of carbonyl (C=O) groups excluding carboxylic acids is 1. The van der Waals surface area contributed by atoms with Gasteiger partial charge >= 0.3 is 0 Å². The summed E-state index contributed by atoms with van der Waals surface area (Å²) in [6.45, 7) is 2.86. The molecule has 5 nitrogen and oxygen atoms in total. The highest BCUT2D eigenvalue weighted by molar-refractivity contribution is 6.07. The standard InChI is InChI=1S/C31H30N4O/c36-31(29-15-8-13-24-11-4-6-14-28(24)29)35-19-25-12-5-7-16-30(25)34(20-26-18-32-22-33-26)21-27(35)17-23-9-2-1-3-10-23/h1-16,18,27,32-33H,17,19-22H2. The topological polar surface area (TPSA) is 47.6 Å². The minimum absolute atomic E-state index is 0.0150. The summed E-state index contributed by atoms with van der Waals surface area (Å²) in [5.41, 5.74) is 5.54. The number of benzene rings is 4. The van der Waals surface area contributed by atoms with Gasteiger partial charge in [-0.3, -0.25) is 4.79 Å². The molecular weight excluding hydrogens is 444 g/mol. The summed E-state index contributed by atoms with van der Waals surface area (Å²) < 4.78 is 0. The molecule has 2 aliphatic rings. The zero-order chi connectivity index (χ0) is 24.3. The van der Waals surface area contributed by atoms with Crippen molar-refractivity contribution in [1.29, 1.82) is 0 Å². The number of nitrogens with zero attached hydrogens (tertiary/aromatic N) is 2. The van der Waals surface area contributed by atoms with Crippen LogP contribution in [0.1, 0.15) is 21.5 Å². The fraction of sp³-hybridized carbons (Fsp3) is 0.194. The highest BCUT2D eigenvalue weighted by atomic mass is 16.2. The van der Waals surface area contributed by atoms with Crippen LogP contribution in [0.5, 0.6) is 0 Å². The van der Waals surface area contributed by atoms with Gasteiger partial charge in [-0.05, 0) is 40.5 Å². The van der Waals surface area contributed by atoms with Crippen LogP contribution in [0, 0.1) is 0 Å². The Morgan fingerprint density at radius 2 is 1.64 bits per heavy atom. The number of para-hydroxylation sites is 1. The molecular formula is C31H30N4O. The smallest absolute Gasteiger partial charge is 0.255 e. The molecule has 0 saturated heterocycles. The number of rotatable bonds is 5. The predicted octanol–water partition coefficient (Wildman–Crippen LogP) is 4.91. The molecule has 1 amide bonds. The van der Waals surface area contributed by atoms with Crippen molar-refractivity contribution in [2.24, 2.45) is 0 Å². The Morgan fingerprint density at radius 1 is 0.861 bits per heavy atom. The number of hydrogen-bond acceptors (Lipinski definition) is 4. The second kappa shape index (κ2) is 9.78. The Kier molecular flexibility index (Phi) is 6.04. The van der Waals surface area contributed by atoms with E-state index < -0.39 is 0 Å². The number of anilines is 1. The van der Waals surface area contributed by atoms with Crippen LogP contribution in [0.4, 0.5) is 5.69 Å². The van der Waals surface area contributed by atoms with Crippen molar-refractivity contribution in [2.45, 2.75) is 19.0 Å². The summed E-state index contributed by atoms with van der Waals surface area (Å²) in [4.78, 5) is 18.8. The summed E-state index contributed by atoms with van der Waals surface area (Å²) in [5.74, 6) is 0.0873. The van der Waals surface area contributed by atoms with Gasteiger partial charge in [-0.15, -0.1) is 0 Å². The van der Waals surface area contributed by atoms with Gasteiger partial charge < -0.3 is 20.4 Å². The van der Waals surface area contributed by atoms with Crippen molar-refractivity contribution < 1.29 is 4.79 Å². The SMILES string of the molecule is O=C(c1cccc2ccccc12)N1Cc2ccccc2N(CC2=CNCN2)CC1Cc1ccccc1. The summed E-state index contributed by atoms with van der Waals surface area (Å²) >= 11 is 0. The Morgan fingerprint density at radius 3 is 2.50 bits per heavy atom. The number of amides is 1. The number of nitrogens with one attached hydrogen (secondary N) is 2. The third-order valence-electron chi connectivity index (χ3n) is 7.19. The molecule has 0 radical (unpaired) electrons. The molecule has 5 heteroatoms. The average Bonchev–Trinajstić information content (AvgIpc) is 3.39. The largest absolute Gasteiger partial charge is 0.372 e. The monoisotopic (exact) mass is 474 g/mol. The molecule has 1 unspecified atom stereocenters. The molecule has 2 heterocycles. The van der Waals surface area contributed by atoms with Gasteiger partial charge in [-0.25, -0.2) is 0 Å². The van der Waals surface area contributed by atoms with E-state index in [1.807, 2.05) is 30.3 Å². The molecule has 0 aromatic heterocycles. The highest BCUT2D eigenvalue weighted by Gasteiger charge is 2.32. The van der Waals surface area contributed by atoms with Crippen LogP contribution < -0.4 is 15.5 Å². The van der Waals surface area contributed by atoms with Gasteiger partial charge in [0, 0.05) is 36.2 Å². The molecule has 2 aliphatic heterocycles. The van der Waals surface area contributed by atoms with E-state index in [2.05, 4.69) is 93.4 Å². The number of carbonyl (C=O) groups is 1. The van der Waals surface area contributed by atoms with Crippen molar-refractivity contribution in [3.63, 3.8) is 0 Å². The maximum atomic E-state index is 14.3. The first-order valence-corrected chi connectivity index (χ1v) is 12.6. The Balaban J connectivity index is 1.42. The van der Waals surface area contributed by atoms with Gasteiger partial charge in [-0.1, -0.05) is 84.9 Å². The van der Waals surface area contributed by atoms with Crippen LogP contribution in [0.25, 0.3) is 10.8 Å². The lowest BCUT2D eigenvalue weighted by molar-refractivity contribution is 0.0673. The van der Waals surface area contributed by atoms with Crippen LogP contribution in [0.2, 0.25) is 0 Å². The first kappa shape index (κ1) is 22.2. The quantitative estimate of drug-likeness (QED) is 0.432. The van der Waals surface area contributed by atoms with E-state index >= 15 is 0 Å². The molecule has 0 saturated carbocycles. The molecule has 36 heavy (non-hydrogen) atoms. The van der Waals surface area contributed by atoms with E-state index in [0.29, 0.717) is 6.54 Å². The maximum Gasteiger partial charge on any atom is 0.255 e. The summed E-state index contributed by atoms with van der Waals surface area (Å²) in [7, 11) is 0. The lowest BCUT2D eigenvalue weighted by Gasteiger charge is -2.33. The van der Waals surface area contributed by atoms with Crippen molar-refractivity contribution in [1.82, 2.24) is 15.5 Å². The minimum atomic E-state index is 0.0150. The zero-order valence-corrected chi connectivity index (χ0v) is 20.2. The molecule has 1 atom stereocenters. The van der Waals surface area contributed by atoms with Crippen molar-refractivity contribution in [3.8, 4) is 0 Å². The first-order valence-electron chi connectivity index (χ1n) is 12.6. The fourth-order valence-corrected chi connectivity index (χ4v) is 5.43. The van der Waals surface area contributed by atoms with Crippen molar-refractivity contribution in [2.75, 3.05) is 24.7 Å². The summed E-state index contributed by atoms with van der Waals surface area (Å²) in [6.07, 6.45) is 2.85. The van der Waals surface area contributed by atoms with E-state index in [1.165, 1.54) is 16.8 Å². The second-order valence-corrected chi connectivity index (χ2v) is 9.54. The molecule has 0 bridgehead atoms. The van der Waals surface area contributed by atoms with Gasteiger partial charge in [0.1, 0.15) is 0 Å². The third-order valence-corrected chi connectivity index (χ3v) is 7.19. The lowest BCUT2D eigenvalue weighted by Crippen LogP contribution is -2.46. The van der Waals surface area contributed by atoms with Gasteiger partial charge in [0.15, 0.2) is 0 Å². The van der Waals surface area contributed by atoms with Gasteiger partial charge in [0.05, 0.1) is 19.3 Å². The van der Waals surface area contributed by atoms with E-state index in [9.17, 15) is 4.79 Å². The van der Waals surface area contributed by atoms with Crippen LogP contribution in [0.15, 0.2) is 109 Å². The van der Waals surface area contributed by atoms with Gasteiger partial charge in [-0.2, -0.15) is 0 Å². The molecule has 0 spiro atoms. The maximum absolute atomic E-state index is 14.3. The van der Waals surface area contributed by atoms with Crippen LogP contribution in [-0.4, -0.2) is 36.6 Å².